The standard InChI is InChI=1S/C10H11NO2S/c1-2-8(7-11)13-10(12)6-9-4-3-5-14-9/h3-5,8H,2,6H2,1H3/t8-/m0/s1. The van der Waals surface area contributed by atoms with Crippen LogP contribution in [0, 0.1) is 11.3 Å². The molecule has 1 aromatic rings. The second kappa shape index (κ2) is 5.40. The number of nitrogens with zero attached hydrogens (tertiary/aromatic N) is 1. The summed E-state index contributed by atoms with van der Waals surface area (Å²) in [6.45, 7) is 1.81. The zero-order chi connectivity index (χ0) is 10.4. The number of rotatable bonds is 4. The lowest BCUT2D eigenvalue weighted by Crippen LogP contribution is -2.16. The van der Waals surface area contributed by atoms with Crippen molar-refractivity contribution in [1.29, 1.82) is 5.26 Å². The van der Waals surface area contributed by atoms with Crippen LogP contribution in [-0.4, -0.2) is 12.1 Å². The molecule has 4 heteroatoms. The number of hydrogen-bond donors (Lipinski definition) is 0. The minimum absolute atomic E-state index is 0.260. The summed E-state index contributed by atoms with van der Waals surface area (Å²) in [5, 5.41) is 10.5. The molecule has 3 nitrogen and oxygen atoms in total. The van der Waals surface area contributed by atoms with Gasteiger partial charge in [0.15, 0.2) is 6.10 Å². The molecule has 14 heavy (non-hydrogen) atoms. The molecule has 0 aliphatic heterocycles. The van der Waals surface area contributed by atoms with Crippen molar-refractivity contribution in [1.82, 2.24) is 0 Å². The van der Waals surface area contributed by atoms with Gasteiger partial charge in [0.05, 0.1) is 6.42 Å². The summed E-state index contributed by atoms with van der Waals surface area (Å²) < 4.78 is 4.93. The molecule has 0 aliphatic rings. The Kier molecular flexibility index (Phi) is 4.14. The van der Waals surface area contributed by atoms with E-state index in [1.165, 1.54) is 11.3 Å². The first-order chi connectivity index (χ1) is 6.76. The van der Waals surface area contributed by atoms with Gasteiger partial charge in [-0.2, -0.15) is 5.26 Å². The van der Waals surface area contributed by atoms with Gasteiger partial charge in [0, 0.05) is 4.88 Å². The Bertz CT molecular complexity index is 326. The Morgan fingerprint density at radius 2 is 2.57 bits per heavy atom. The van der Waals surface area contributed by atoms with Gasteiger partial charge in [-0.3, -0.25) is 4.79 Å². The highest BCUT2D eigenvalue weighted by Crippen LogP contribution is 2.10. The first-order valence-corrected chi connectivity index (χ1v) is 5.25. The molecule has 1 aromatic heterocycles. The van der Waals surface area contributed by atoms with Crippen LogP contribution in [0.2, 0.25) is 0 Å². The van der Waals surface area contributed by atoms with Gasteiger partial charge in [-0.25, -0.2) is 0 Å². The lowest BCUT2D eigenvalue weighted by atomic mass is 10.3. The maximum atomic E-state index is 11.3. The molecule has 74 valence electrons. The largest absolute Gasteiger partial charge is 0.447 e. The highest BCUT2D eigenvalue weighted by Gasteiger charge is 2.11. The van der Waals surface area contributed by atoms with E-state index in [-0.39, 0.29) is 12.4 Å². The van der Waals surface area contributed by atoms with Crippen LogP contribution in [0.4, 0.5) is 0 Å². The third-order valence-corrected chi connectivity index (χ3v) is 2.56. The SMILES string of the molecule is CC[C@@H](C#N)OC(=O)Cc1cccs1. The molecule has 0 saturated heterocycles. The van der Waals surface area contributed by atoms with Crippen LogP contribution in [0.25, 0.3) is 0 Å². The van der Waals surface area contributed by atoms with Gasteiger partial charge in [-0.15, -0.1) is 11.3 Å². The topological polar surface area (TPSA) is 50.1 Å². The minimum atomic E-state index is -0.609. The summed E-state index contributed by atoms with van der Waals surface area (Å²) in [6, 6.07) is 5.68. The molecule has 0 aliphatic carbocycles. The van der Waals surface area contributed by atoms with E-state index >= 15 is 0 Å². The number of carbonyl (C=O) groups excluding carboxylic acids is 1. The molecule has 0 fully saturated rings. The van der Waals surface area contributed by atoms with Crippen molar-refractivity contribution in [3.63, 3.8) is 0 Å². The average Bonchev–Trinajstić information content (AvgIpc) is 2.66. The van der Waals surface area contributed by atoms with Crippen LogP contribution in [-0.2, 0) is 16.0 Å². The first kappa shape index (κ1) is 10.7. The molecule has 0 bridgehead atoms. The highest BCUT2D eigenvalue weighted by atomic mass is 32.1. The van der Waals surface area contributed by atoms with Crippen molar-refractivity contribution in [3.05, 3.63) is 22.4 Å². The van der Waals surface area contributed by atoms with Gasteiger partial charge in [0.2, 0.25) is 0 Å². The number of ether oxygens (including phenoxy) is 1. The summed E-state index contributed by atoms with van der Waals surface area (Å²) in [5.74, 6) is -0.333. The van der Waals surface area contributed by atoms with Crippen molar-refractivity contribution >= 4 is 17.3 Å². The van der Waals surface area contributed by atoms with E-state index in [9.17, 15) is 4.79 Å². The number of hydrogen-bond acceptors (Lipinski definition) is 4. The Morgan fingerprint density at radius 3 is 3.07 bits per heavy atom. The van der Waals surface area contributed by atoms with Crippen LogP contribution in [0.1, 0.15) is 18.2 Å². The van der Waals surface area contributed by atoms with Crippen LogP contribution in [0.5, 0.6) is 0 Å². The van der Waals surface area contributed by atoms with E-state index < -0.39 is 6.10 Å². The molecule has 0 amide bonds. The lowest BCUT2D eigenvalue weighted by Gasteiger charge is -2.07. The summed E-state index contributed by atoms with van der Waals surface area (Å²) in [5.41, 5.74) is 0. The Balaban J connectivity index is 2.40. The minimum Gasteiger partial charge on any atom is -0.447 e. The molecule has 0 N–H and O–H groups in total. The molecule has 0 saturated carbocycles. The zero-order valence-corrected chi connectivity index (χ0v) is 8.71. The highest BCUT2D eigenvalue weighted by molar-refractivity contribution is 7.10. The number of thiophene rings is 1. The first-order valence-electron chi connectivity index (χ1n) is 4.37. The van der Waals surface area contributed by atoms with E-state index in [2.05, 4.69) is 0 Å². The molecule has 1 heterocycles. The second-order valence-corrected chi connectivity index (χ2v) is 3.80. The molecular formula is C10H11NO2S. The molecule has 0 aromatic carbocycles. The number of nitriles is 1. The van der Waals surface area contributed by atoms with E-state index in [1.54, 1.807) is 0 Å². The van der Waals surface area contributed by atoms with Gasteiger partial charge in [-0.05, 0) is 17.9 Å². The van der Waals surface area contributed by atoms with Crippen molar-refractivity contribution in [2.75, 3.05) is 0 Å². The predicted molar refractivity (Wildman–Crippen MR) is 53.8 cm³/mol. The molecule has 0 unspecified atom stereocenters. The predicted octanol–water partition coefficient (Wildman–Crippen LogP) is 2.14. The van der Waals surface area contributed by atoms with Crippen molar-refractivity contribution < 1.29 is 9.53 Å². The van der Waals surface area contributed by atoms with Crippen molar-refractivity contribution in [3.8, 4) is 6.07 Å². The second-order valence-electron chi connectivity index (χ2n) is 2.77. The van der Waals surface area contributed by atoms with Crippen LogP contribution in [0.3, 0.4) is 0 Å². The Morgan fingerprint density at radius 1 is 1.79 bits per heavy atom. The Labute approximate surface area is 86.9 Å². The quantitative estimate of drug-likeness (QED) is 0.714. The number of carbonyl (C=O) groups is 1. The van der Waals surface area contributed by atoms with Crippen LogP contribution in [0.15, 0.2) is 17.5 Å². The smallest absolute Gasteiger partial charge is 0.312 e. The fraction of sp³-hybridized carbons (Fsp3) is 0.400. The average molecular weight is 209 g/mol. The summed E-state index contributed by atoms with van der Waals surface area (Å²) >= 11 is 1.51. The molecule has 0 spiro atoms. The zero-order valence-electron chi connectivity index (χ0n) is 7.90. The monoisotopic (exact) mass is 209 g/mol. The maximum absolute atomic E-state index is 11.3. The van der Waals surface area contributed by atoms with Crippen molar-refractivity contribution in [2.24, 2.45) is 0 Å². The van der Waals surface area contributed by atoms with Gasteiger partial charge in [0.1, 0.15) is 6.07 Å². The van der Waals surface area contributed by atoms with Gasteiger partial charge >= 0.3 is 5.97 Å². The van der Waals surface area contributed by atoms with E-state index in [0.29, 0.717) is 6.42 Å². The molecule has 0 radical (unpaired) electrons. The normalized spacial score (nSPS) is 11.7. The summed E-state index contributed by atoms with van der Waals surface area (Å²) in [4.78, 5) is 12.2. The van der Waals surface area contributed by atoms with Crippen LogP contribution < -0.4 is 0 Å². The lowest BCUT2D eigenvalue weighted by molar-refractivity contribution is -0.145. The van der Waals surface area contributed by atoms with Gasteiger partial charge < -0.3 is 4.74 Å². The summed E-state index contributed by atoms with van der Waals surface area (Å²) in [6.07, 6.45) is 0.185. The van der Waals surface area contributed by atoms with E-state index in [4.69, 9.17) is 10.00 Å². The van der Waals surface area contributed by atoms with Gasteiger partial charge in [0.25, 0.3) is 0 Å². The Hall–Kier alpha value is -1.34. The third kappa shape index (κ3) is 3.19. The fourth-order valence-electron chi connectivity index (χ4n) is 0.957. The van der Waals surface area contributed by atoms with E-state index in [0.717, 1.165) is 4.88 Å². The molecule has 1 rings (SSSR count). The third-order valence-electron chi connectivity index (χ3n) is 1.69. The van der Waals surface area contributed by atoms with Crippen LogP contribution >= 0.6 is 11.3 Å². The van der Waals surface area contributed by atoms with Crippen molar-refractivity contribution in [2.45, 2.75) is 25.9 Å². The van der Waals surface area contributed by atoms with E-state index in [1.807, 2.05) is 30.5 Å². The van der Waals surface area contributed by atoms with Gasteiger partial charge in [-0.1, -0.05) is 13.0 Å². The number of esters is 1. The maximum Gasteiger partial charge on any atom is 0.312 e. The summed E-state index contributed by atoms with van der Waals surface area (Å²) in [7, 11) is 0. The molecule has 1 atom stereocenters. The fourth-order valence-corrected chi connectivity index (χ4v) is 1.65. The molecular weight excluding hydrogens is 198 g/mol.